The lowest BCUT2D eigenvalue weighted by Gasteiger charge is -2.14. The highest BCUT2D eigenvalue weighted by molar-refractivity contribution is 6.33. The van der Waals surface area contributed by atoms with Gasteiger partial charge in [-0.3, -0.25) is 0 Å². The molecule has 0 atom stereocenters. The Labute approximate surface area is 162 Å². The van der Waals surface area contributed by atoms with Crippen LogP contribution in [0.2, 0.25) is 5.15 Å². The highest BCUT2D eigenvalue weighted by Gasteiger charge is 2.10. The fourth-order valence-corrected chi connectivity index (χ4v) is 2.75. The van der Waals surface area contributed by atoms with E-state index in [2.05, 4.69) is 25.6 Å². The largest absolute Gasteiger partial charge is 0.492 e. The molecule has 138 valence electrons. The molecule has 0 fully saturated rings. The number of benzene rings is 1. The molecule has 0 aliphatic carbocycles. The third-order valence-electron chi connectivity index (χ3n) is 3.77. The first kappa shape index (κ1) is 18.6. The molecular formula is C19H19ClN6O. The Bertz CT molecular complexity index is 1000. The lowest BCUT2D eigenvalue weighted by Crippen LogP contribution is -2.03. The van der Waals surface area contributed by atoms with Crippen molar-refractivity contribution in [2.24, 2.45) is 0 Å². The quantitative estimate of drug-likeness (QED) is 0.421. The first-order valence-corrected chi connectivity index (χ1v) is 8.73. The van der Waals surface area contributed by atoms with Crippen molar-refractivity contribution in [3.8, 4) is 5.75 Å². The van der Waals surface area contributed by atoms with Gasteiger partial charge in [-0.15, -0.1) is 0 Å². The van der Waals surface area contributed by atoms with Crippen LogP contribution in [0.25, 0.3) is 16.5 Å². The molecule has 3 N–H and O–H groups in total. The molecule has 3 aromatic rings. The van der Waals surface area contributed by atoms with Crippen LogP contribution in [0.15, 0.2) is 42.9 Å². The second-order valence-electron chi connectivity index (χ2n) is 5.53. The van der Waals surface area contributed by atoms with Crippen molar-refractivity contribution in [3.63, 3.8) is 0 Å². The summed E-state index contributed by atoms with van der Waals surface area (Å²) in [6.07, 6.45) is 6.35. The third kappa shape index (κ3) is 4.15. The van der Waals surface area contributed by atoms with E-state index in [1.54, 1.807) is 31.7 Å². The van der Waals surface area contributed by atoms with E-state index in [9.17, 15) is 0 Å². The Kier molecular flexibility index (Phi) is 5.83. The van der Waals surface area contributed by atoms with Gasteiger partial charge in [0, 0.05) is 42.8 Å². The number of pyridine rings is 1. The van der Waals surface area contributed by atoms with Crippen LogP contribution in [0, 0.1) is 5.41 Å². The van der Waals surface area contributed by atoms with Gasteiger partial charge in [-0.2, -0.15) is 0 Å². The molecule has 0 unspecified atom stereocenters. The SMILES string of the molecule is CCOc1cc(/C(C=N)=C/NC)ccc1Nc1ncc2ccnc(Cl)c2n1. The molecule has 0 saturated carbocycles. The molecule has 27 heavy (non-hydrogen) atoms. The minimum atomic E-state index is 0.325. The van der Waals surface area contributed by atoms with E-state index in [1.165, 1.54) is 6.21 Å². The van der Waals surface area contributed by atoms with E-state index in [0.29, 0.717) is 34.7 Å². The number of rotatable bonds is 7. The highest BCUT2D eigenvalue weighted by atomic mass is 35.5. The van der Waals surface area contributed by atoms with Gasteiger partial charge in [-0.25, -0.2) is 15.0 Å². The van der Waals surface area contributed by atoms with E-state index in [-0.39, 0.29) is 0 Å². The van der Waals surface area contributed by atoms with E-state index in [4.69, 9.17) is 21.7 Å². The summed E-state index contributed by atoms with van der Waals surface area (Å²) in [5.74, 6) is 1.03. The monoisotopic (exact) mass is 382 g/mol. The molecule has 3 rings (SSSR count). The Balaban J connectivity index is 1.97. The number of nitrogens with one attached hydrogen (secondary N) is 3. The Morgan fingerprint density at radius 2 is 2.15 bits per heavy atom. The van der Waals surface area contributed by atoms with Crippen molar-refractivity contribution in [3.05, 3.63) is 53.6 Å². The fourth-order valence-electron chi connectivity index (χ4n) is 2.55. The molecule has 0 radical (unpaired) electrons. The van der Waals surface area contributed by atoms with Gasteiger partial charge in [-0.05, 0) is 30.7 Å². The number of anilines is 2. The first-order chi connectivity index (χ1) is 13.2. The summed E-state index contributed by atoms with van der Waals surface area (Å²) in [5, 5.41) is 14.8. The minimum absolute atomic E-state index is 0.325. The van der Waals surface area contributed by atoms with Crippen molar-refractivity contribution < 1.29 is 4.74 Å². The van der Waals surface area contributed by atoms with Gasteiger partial charge in [0.05, 0.1) is 12.3 Å². The zero-order valence-electron chi connectivity index (χ0n) is 15.0. The predicted octanol–water partition coefficient (Wildman–Crippen LogP) is 4.03. The molecule has 2 aromatic heterocycles. The Morgan fingerprint density at radius 1 is 1.30 bits per heavy atom. The van der Waals surface area contributed by atoms with Gasteiger partial charge in [-0.1, -0.05) is 17.7 Å². The maximum Gasteiger partial charge on any atom is 0.227 e. The maximum absolute atomic E-state index is 7.57. The summed E-state index contributed by atoms with van der Waals surface area (Å²) in [6, 6.07) is 7.44. The van der Waals surface area contributed by atoms with Gasteiger partial charge in [0.15, 0.2) is 5.15 Å². The van der Waals surface area contributed by atoms with Crippen molar-refractivity contribution >= 4 is 45.9 Å². The van der Waals surface area contributed by atoms with Gasteiger partial charge in [0.2, 0.25) is 5.95 Å². The fraction of sp³-hybridized carbons (Fsp3) is 0.158. The molecule has 2 heterocycles. The zero-order valence-corrected chi connectivity index (χ0v) is 15.7. The molecule has 0 saturated heterocycles. The summed E-state index contributed by atoms with van der Waals surface area (Å²) >= 11 is 6.13. The zero-order chi connectivity index (χ0) is 19.2. The third-order valence-corrected chi connectivity index (χ3v) is 4.05. The molecule has 0 aliphatic rings. The number of hydrogen-bond donors (Lipinski definition) is 3. The number of nitrogens with zero attached hydrogens (tertiary/aromatic N) is 3. The van der Waals surface area contributed by atoms with E-state index in [1.807, 2.05) is 25.1 Å². The lowest BCUT2D eigenvalue weighted by atomic mass is 10.1. The molecular weight excluding hydrogens is 364 g/mol. The summed E-state index contributed by atoms with van der Waals surface area (Å²) in [4.78, 5) is 12.8. The molecule has 0 spiro atoms. The van der Waals surface area contributed by atoms with Gasteiger partial charge < -0.3 is 20.8 Å². The van der Waals surface area contributed by atoms with Crippen LogP contribution in [0.3, 0.4) is 0 Å². The highest BCUT2D eigenvalue weighted by Crippen LogP contribution is 2.31. The second-order valence-corrected chi connectivity index (χ2v) is 5.89. The van der Waals surface area contributed by atoms with Crippen LogP contribution in [0.4, 0.5) is 11.6 Å². The normalized spacial score (nSPS) is 11.3. The minimum Gasteiger partial charge on any atom is -0.492 e. The second kappa shape index (κ2) is 8.46. The van der Waals surface area contributed by atoms with Crippen LogP contribution >= 0.6 is 11.6 Å². The molecule has 0 aliphatic heterocycles. The van der Waals surface area contributed by atoms with Gasteiger partial charge in [0.1, 0.15) is 11.3 Å². The Morgan fingerprint density at radius 3 is 2.89 bits per heavy atom. The summed E-state index contributed by atoms with van der Waals surface area (Å²) in [7, 11) is 1.79. The predicted molar refractivity (Wildman–Crippen MR) is 109 cm³/mol. The Hall–Kier alpha value is -3.19. The number of aromatic nitrogens is 3. The number of ether oxygens (including phenoxy) is 1. The van der Waals surface area contributed by atoms with E-state index >= 15 is 0 Å². The van der Waals surface area contributed by atoms with Crippen molar-refractivity contribution in [2.45, 2.75) is 6.92 Å². The molecule has 0 bridgehead atoms. The standard InChI is InChI=1S/C19H19ClN6O/c1-3-27-16-8-12(14(9-21)10-22-2)4-5-15(16)25-19-24-11-13-6-7-23-18(20)17(13)26-19/h4-11,21-22H,3H2,1-2H3,(H,24,25,26)/b14-10+,21-9?. The maximum atomic E-state index is 7.57. The topological polar surface area (TPSA) is 95.8 Å². The van der Waals surface area contributed by atoms with Gasteiger partial charge in [0.25, 0.3) is 0 Å². The number of fused-ring (bicyclic) bond motifs is 1. The van der Waals surface area contributed by atoms with Crippen molar-refractivity contribution in [1.29, 1.82) is 5.41 Å². The number of hydrogen-bond acceptors (Lipinski definition) is 7. The first-order valence-electron chi connectivity index (χ1n) is 8.35. The molecule has 7 nitrogen and oxygen atoms in total. The molecule has 0 amide bonds. The average Bonchev–Trinajstić information content (AvgIpc) is 2.68. The average molecular weight is 383 g/mol. The lowest BCUT2D eigenvalue weighted by molar-refractivity contribution is 0.342. The van der Waals surface area contributed by atoms with Crippen LogP contribution in [0.1, 0.15) is 12.5 Å². The summed E-state index contributed by atoms with van der Waals surface area (Å²) < 4.78 is 5.75. The van der Waals surface area contributed by atoms with Crippen LogP contribution in [0.5, 0.6) is 5.75 Å². The van der Waals surface area contributed by atoms with Gasteiger partial charge >= 0.3 is 0 Å². The van der Waals surface area contributed by atoms with Crippen molar-refractivity contribution in [1.82, 2.24) is 20.3 Å². The van der Waals surface area contributed by atoms with Crippen LogP contribution in [-0.2, 0) is 0 Å². The van der Waals surface area contributed by atoms with Crippen molar-refractivity contribution in [2.75, 3.05) is 19.0 Å². The van der Waals surface area contributed by atoms with Crippen LogP contribution < -0.4 is 15.4 Å². The van der Waals surface area contributed by atoms with E-state index in [0.717, 1.165) is 16.5 Å². The number of allylic oxidation sites excluding steroid dienone is 1. The van der Waals surface area contributed by atoms with E-state index < -0.39 is 0 Å². The number of halogens is 1. The summed E-state index contributed by atoms with van der Waals surface area (Å²) in [5.41, 5.74) is 2.90. The smallest absolute Gasteiger partial charge is 0.227 e. The molecule has 8 heteroatoms. The van der Waals surface area contributed by atoms with Crippen LogP contribution in [-0.4, -0.2) is 34.8 Å². The molecule has 1 aromatic carbocycles. The summed E-state index contributed by atoms with van der Waals surface area (Å²) in [6.45, 7) is 2.41.